The van der Waals surface area contributed by atoms with E-state index in [1.807, 2.05) is 42.2 Å². The number of hydrogen-bond donors (Lipinski definition) is 1. The Kier molecular flexibility index (Phi) is 3.79. The first-order valence-corrected chi connectivity index (χ1v) is 6.36. The van der Waals surface area contributed by atoms with Gasteiger partial charge in [0.1, 0.15) is 0 Å². The molecule has 1 aliphatic carbocycles. The Labute approximate surface area is 103 Å². The van der Waals surface area contributed by atoms with Crippen molar-refractivity contribution in [3.8, 4) is 0 Å². The van der Waals surface area contributed by atoms with Gasteiger partial charge in [0, 0.05) is 18.3 Å². The van der Waals surface area contributed by atoms with E-state index in [0.29, 0.717) is 6.54 Å². The van der Waals surface area contributed by atoms with Crippen molar-refractivity contribution >= 4 is 11.6 Å². The molecule has 0 spiro atoms. The third-order valence-electron chi connectivity index (χ3n) is 3.54. The van der Waals surface area contributed by atoms with Crippen LogP contribution in [0.5, 0.6) is 0 Å². The van der Waals surface area contributed by atoms with E-state index in [0.717, 1.165) is 24.9 Å². The molecular formula is C14H20N2O. The number of benzene rings is 1. The number of hydrogen-bond acceptors (Lipinski definition) is 2. The fraction of sp³-hybridized carbons (Fsp3) is 0.500. The SMILES string of the molecule is CCN(C(=O)C1CCCC1N)c1ccccc1. The molecule has 0 saturated heterocycles. The number of amides is 1. The second kappa shape index (κ2) is 5.32. The zero-order chi connectivity index (χ0) is 12.3. The Balaban J connectivity index is 2.16. The highest BCUT2D eigenvalue weighted by atomic mass is 16.2. The Hall–Kier alpha value is -1.35. The Morgan fingerprint density at radius 2 is 2.06 bits per heavy atom. The monoisotopic (exact) mass is 232 g/mol. The molecule has 2 N–H and O–H groups in total. The van der Waals surface area contributed by atoms with Gasteiger partial charge in [-0.3, -0.25) is 4.79 Å². The topological polar surface area (TPSA) is 46.3 Å². The molecule has 1 aromatic carbocycles. The first kappa shape index (κ1) is 12.1. The van der Waals surface area contributed by atoms with Crippen LogP contribution in [0.4, 0.5) is 5.69 Å². The Morgan fingerprint density at radius 1 is 1.35 bits per heavy atom. The summed E-state index contributed by atoms with van der Waals surface area (Å²) >= 11 is 0. The van der Waals surface area contributed by atoms with Crippen molar-refractivity contribution in [2.45, 2.75) is 32.2 Å². The summed E-state index contributed by atoms with van der Waals surface area (Å²) in [7, 11) is 0. The minimum atomic E-state index is 0.00940. The van der Waals surface area contributed by atoms with Crippen LogP contribution in [0.1, 0.15) is 26.2 Å². The number of anilines is 1. The maximum Gasteiger partial charge on any atom is 0.231 e. The van der Waals surface area contributed by atoms with Gasteiger partial charge in [-0.25, -0.2) is 0 Å². The van der Waals surface area contributed by atoms with Crippen molar-refractivity contribution in [3.63, 3.8) is 0 Å². The van der Waals surface area contributed by atoms with E-state index in [-0.39, 0.29) is 17.9 Å². The van der Waals surface area contributed by atoms with Gasteiger partial charge in [-0.15, -0.1) is 0 Å². The zero-order valence-corrected chi connectivity index (χ0v) is 10.3. The molecule has 1 saturated carbocycles. The molecule has 0 aliphatic heterocycles. The fourth-order valence-electron chi connectivity index (χ4n) is 2.57. The van der Waals surface area contributed by atoms with Crippen LogP contribution in [0.15, 0.2) is 30.3 Å². The summed E-state index contributed by atoms with van der Waals surface area (Å²) in [4.78, 5) is 14.3. The lowest BCUT2D eigenvalue weighted by Gasteiger charge is -2.26. The highest BCUT2D eigenvalue weighted by Crippen LogP contribution is 2.27. The van der Waals surface area contributed by atoms with Gasteiger partial charge in [0.05, 0.1) is 5.92 Å². The number of nitrogens with two attached hydrogens (primary N) is 1. The van der Waals surface area contributed by atoms with Crippen molar-refractivity contribution in [3.05, 3.63) is 30.3 Å². The second-order valence-electron chi connectivity index (χ2n) is 4.62. The standard InChI is InChI=1S/C14H20N2O/c1-2-16(11-7-4-3-5-8-11)14(17)12-9-6-10-13(12)15/h3-5,7-8,12-13H,2,6,9-10,15H2,1H3. The number of rotatable bonds is 3. The molecular weight excluding hydrogens is 212 g/mol. The van der Waals surface area contributed by atoms with Crippen molar-refractivity contribution in [1.82, 2.24) is 0 Å². The largest absolute Gasteiger partial charge is 0.327 e. The summed E-state index contributed by atoms with van der Waals surface area (Å²) in [6.07, 6.45) is 2.98. The third kappa shape index (κ3) is 2.50. The summed E-state index contributed by atoms with van der Waals surface area (Å²) < 4.78 is 0. The van der Waals surface area contributed by atoms with Crippen molar-refractivity contribution < 1.29 is 4.79 Å². The van der Waals surface area contributed by atoms with E-state index >= 15 is 0 Å². The van der Waals surface area contributed by atoms with Crippen LogP contribution in [0, 0.1) is 5.92 Å². The highest BCUT2D eigenvalue weighted by molar-refractivity contribution is 5.95. The molecule has 1 aliphatic rings. The quantitative estimate of drug-likeness (QED) is 0.868. The smallest absolute Gasteiger partial charge is 0.231 e. The normalized spacial score (nSPS) is 23.6. The number of carbonyl (C=O) groups is 1. The molecule has 92 valence electrons. The molecule has 3 nitrogen and oxygen atoms in total. The third-order valence-corrected chi connectivity index (χ3v) is 3.54. The van der Waals surface area contributed by atoms with E-state index in [2.05, 4.69) is 0 Å². The van der Waals surface area contributed by atoms with E-state index in [9.17, 15) is 4.79 Å². The molecule has 0 heterocycles. The predicted molar refractivity (Wildman–Crippen MR) is 69.8 cm³/mol. The first-order valence-electron chi connectivity index (χ1n) is 6.36. The van der Waals surface area contributed by atoms with Crippen LogP contribution in [-0.4, -0.2) is 18.5 Å². The minimum Gasteiger partial charge on any atom is -0.327 e. The lowest BCUT2D eigenvalue weighted by atomic mass is 10.0. The average molecular weight is 232 g/mol. The average Bonchev–Trinajstić information content (AvgIpc) is 2.77. The first-order chi connectivity index (χ1) is 8.24. The molecule has 3 heteroatoms. The molecule has 1 aromatic rings. The maximum absolute atomic E-state index is 12.4. The molecule has 0 bridgehead atoms. The van der Waals surface area contributed by atoms with Gasteiger partial charge in [-0.2, -0.15) is 0 Å². The van der Waals surface area contributed by atoms with E-state index in [1.165, 1.54) is 0 Å². The second-order valence-corrected chi connectivity index (χ2v) is 4.62. The minimum absolute atomic E-state index is 0.00940. The summed E-state index contributed by atoms with van der Waals surface area (Å²) in [6, 6.07) is 9.87. The summed E-state index contributed by atoms with van der Waals surface area (Å²) in [5.41, 5.74) is 6.97. The maximum atomic E-state index is 12.4. The number of para-hydroxylation sites is 1. The summed E-state index contributed by atoms with van der Waals surface area (Å²) in [5.74, 6) is 0.193. The van der Waals surface area contributed by atoms with Gasteiger partial charge >= 0.3 is 0 Å². The van der Waals surface area contributed by atoms with Crippen molar-refractivity contribution in [2.75, 3.05) is 11.4 Å². The van der Waals surface area contributed by atoms with E-state index in [1.54, 1.807) is 0 Å². The molecule has 2 atom stereocenters. The number of nitrogens with zero attached hydrogens (tertiary/aromatic N) is 1. The van der Waals surface area contributed by atoms with E-state index < -0.39 is 0 Å². The Bertz CT molecular complexity index is 377. The molecule has 2 rings (SSSR count). The molecule has 0 aromatic heterocycles. The van der Waals surface area contributed by atoms with Crippen molar-refractivity contribution in [2.24, 2.45) is 11.7 Å². The van der Waals surface area contributed by atoms with Gasteiger partial charge in [0.15, 0.2) is 0 Å². The van der Waals surface area contributed by atoms with Crippen LogP contribution >= 0.6 is 0 Å². The molecule has 17 heavy (non-hydrogen) atoms. The lowest BCUT2D eigenvalue weighted by molar-refractivity contribution is -0.122. The summed E-state index contributed by atoms with van der Waals surface area (Å²) in [5, 5.41) is 0. The van der Waals surface area contributed by atoms with Crippen molar-refractivity contribution in [1.29, 1.82) is 0 Å². The van der Waals surface area contributed by atoms with Gasteiger partial charge in [0.2, 0.25) is 5.91 Å². The van der Waals surface area contributed by atoms with Crippen LogP contribution in [0.3, 0.4) is 0 Å². The van der Waals surface area contributed by atoms with E-state index in [4.69, 9.17) is 5.73 Å². The van der Waals surface area contributed by atoms with Gasteiger partial charge in [-0.1, -0.05) is 24.6 Å². The van der Waals surface area contributed by atoms with Gasteiger partial charge in [-0.05, 0) is 31.9 Å². The zero-order valence-electron chi connectivity index (χ0n) is 10.3. The van der Waals surface area contributed by atoms with Gasteiger partial charge < -0.3 is 10.6 Å². The highest BCUT2D eigenvalue weighted by Gasteiger charge is 2.33. The molecule has 1 amide bonds. The van der Waals surface area contributed by atoms with Crippen LogP contribution in [-0.2, 0) is 4.79 Å². The molecule has 2 unspecified atom stereocenters. The summed E-state index contributed by atoms with van der Waals surface area (Å²) in [6.45, 7) is 2.71. The lowest BCUT2D eigenvalue weighted by Crippen LogP contribution is -2.41. The number of carbonyl (C=O) groups excluding carboxylic acids is 1. The fourth-order valence-corrected chi connectivity index (χ4v) is 2.57. The van der Waals surface area contributed by atoms with Crippen LogP contribution in [0.2, 0.25) is 0 Å². The Morgan fingerprint density at radius 3 is 2.59 bits per heavy atom. The predicted octanol–water partition coefficient (Wildman–Crippen LogP) is 2.17. The molecule has 1 fully saturated rings. The van der Waals surface area contributed by atoms with Gasteiger partial charge in [0.25, 0.3) is 0 Å². The van der Waals surface area contributed by atoms with Crippen LogP contribution < -0.4 is 10.6 Å². The molecule has 0 radical (unpaired) electrons. The van der Waals surface area contributed by atoms with Crippen LogP contribution in [0.25, 0.3) is 0 Å².